The molecule has 0 bridgehead atoms. The number of aryl methyl sites for hydroxylation is 2. The molecule has 0 saturated carbocycles. The van der Waals surface area contributed by atoms with Crippen LogP contribution in [-0.4, -0.2) is 28.5 Å². The molecule has 100 valence electrons. The van der Waals surface area contributed by atoms with Crippen LogP contribution in [0.5, 0.6) is 0 Å². The minimum Gasteiger partial charge on any atom is -0.481 e. The Hall–Kier alpha value is -1.43. The SMILES string of the molecule is Cc1nc(C)c(C(=O)NCCCC(C)C(=O)O)s1. The fourth-order valence-electron chi connectivity index (χ4n) is 1.56. The number of aliphatic carboxylic acids is 1. The summed E-state index contributed by atoms with van der Waals surface area (Å²) in [5.74, 6) is -1.29. The molecule has 0 aliphatic rings. The fraction of sp³-hybridized carbons (Fsp3) is 0.583. The van der Waals surface area contributed by atoms with E-state index in [1.165, 1.54) is 11.3 Å². The summed E-state index contributed by atoms with van der Waals surface area (Å²) in [5.41, 5.74) is 0.744. The van der Waals surface area contributed by atoms with Crippen LogP contribution in [0.25, 0.3) is 0 Å². The molecule has 0 aliphatic heterocycles. The molecule has 1 amide bonds. The van der Waals surface area contributed by atoms with E-state index in [1.54, 1.807) is 6.92 Å². The van der Waals surface area contributed by atoms with E-state index in [4.69, 9.17) is 5.11 Å². The zero-order valence-corrected chi connectivity index (χ0v) is 11.6. The number of amides is 1. The molecule has 18 heavy (non-hydrogen) atoms. The standard InChI is InChI=1S/C12H18N2O3S/c1-7(12(16)17)5-4-6-13-11(15)10-8(2)14-9(3)18-10/h7H,4-6H2,1-3H3,(H,13,15)(H,16,17). The predicted octanol–water partition coefficient (Wildman–Crippen LogP) is 1.99. The first kappa shape index (κ1) is 14.6. The van der Waals surface area contributed by atoms with Crippen molar-refractivity contribution in [1.29, 1.82) is 0 Å². The predicted molar refractivity (Wildman–Crippen MR) is 70.0 cm³/mol. The van der Waals surface area contributed by atoms with Gasteiger partial charge in [-0.25, -0.2) is 4.98 Å². The molecule has 0 radical (unpaired) electrons. The normalized spacial score (nSPS) is 12.2. The van der Waals surface area contributed by atoms with Crippen molar-refractivity contribution >= 4 is 23.2 Å². The Balaban J connectivity index is 2.34. The summed E-state index contributed by atoms with van der Waals surface area (Å²) in [6.45, 7) is 5.83. The highest BCUT2D eigenvalue weighted by Gasteiger charge is 2.14. The number of nitrogens with zero attached hydrogens (tertiary/aromatic N) is 1. The minimum atomic E-state index is -0.796. The van der Waals surface area contributed by atoms with Crippen molar-refractivity contribution in [3.63, 3.8) is 0 Å². The van der Waals surface area contributed by atoms with Crippen molar-refractivity contribution in [3.8, 4) is 0 Å². The van der Waals surface area contributed by atoms with Crippen molar-refractivity contribution in [1.82, 2.24) is 10.3 Å². The van der Waals surface area contributed by atoms with Crippen LogP contribution in [0.4, 0.5) is 0 Å². The smallest absolute Gasteiger partial charge is 0.306 e. The average molecular weight is 270 g/mol. The topological polar surface area (TPSA) is 79.3 Å². The molecule has 0 fully saturated rings. The maximum atomic E-state index is 11.8. The van der Waals surface area contributed by atoms with Crippen LogP contribution in [0.3, 0.4) is 0 Å². The lowest BCUT2D eigenvalue weighted by Gasteiger charge is -2.06. The molecule has 6 heteroatoms. The van der Waals surface area contributed by atoms with E-state index in [-0.39, 0.29) is 11.8 Å². The van der Waals surface area contributed by atoms with Gasteiger partial charge in [-0.1, -0.05) is 6.92 Å². The lowest BCUT2D eigenvalue weighted by atomic mass is 10.1. The zero-order valence-electron chi connectivity index (χ0n) is 10.8. The van der Waals surface area contributed by atoms with Crippen LogP contribution >= 0.6 is 11.3 Å². The molecular weight excluding hydrogens is 252 g/mol. The minimum absolute atomic E-state index is 0.124. The summed E-state index contributed by atoms with van der Waals surface area (Å²) in [6.07, 6.45) is 1.23. The number of hydrogen-bond acceptors (Lipinski definition) is 4. The molecule has 1 aromatic heterocycles. The molecule has 1 unspecified atom stereocenters. The summed E-state index contributed by atoms with van der Waals surface area (Å²) in [6, 6.07) is 0. The number of carbonyl (C=O) groups is 2. The van der Waals surface area contributed by atoms with Crippen LogP contribution in [0.15, 0.2) is 0 Å². The highest BCUT2D eigenvalue weighted by Crippen LogP contribution is 2.16. The molecule has 0 spiro atoms. The number of carboxylic acid groups (broad SMARTS) is 1. The quantitative estimate of drug-likeness (QED) is 0.775. The van der Waals surface area contributed by atoms with Crippen LogP contribution in [0.2, 0.25) is 0 Å². The number of aromatic nitrogens is 1. The second-order valence-corrected chi connectivity index (χ2v) is 5.49. The van der Waals surface area contributed by atoms with Gasteiger partial charge in [0.25, 0.3) is 5.91 Å². The molecule has 1 heterocycles. The van der Waals surface area contributed by atoms with Crippen molar-refractivity contribution < 1.29 is 14.7 Å². The highest BCUT2D eigenvalue weighted by atomic mass is 32.1. The van der Waals surface area contributed by atoms with Gasteiger partial charge in [0.1, 0.15) is 4.88 Å². The van der Waals surface area contributed by atoms with Gasteiger partial charge in [0, 0.05) is 6.54 Å². The molecule has 2 N–H and O–H groups in total. The van der Waals surface area contributed by atoms with Crippen LogP contribution < -0.4 is 5.32 Å². The van der Waals surface area contributed by atoms with Gasteiger partial charge >= 0.3 is 5.97 Å². The lowest BCUT2D eigenvalue weighted by Crippen LogP contribution is -2.25. The van der Waals surface area contributed by atoms with Gasteiger partial charge in [-0.05, 0) is 26.7 Å². The second kappa shape index (κ2) is 6.49. The first-order chi connectivity index (χ1) is 8.41. The van der Waals surface area contributed by atoms with Crippen LogP contribution in [0.1, 0.15) is 40.1 Å². The molecule has 1 aromatic rings. The summed E-state index contributed by atoms with van der Waals surface area (Å²) >= 11 is 1.37. The van der Waals surface area contributed by atoms with Gasteiger partial charge in [0.2, 0.25) is 0 Å². The summed E-state index contributed by atoms with van der Waals surface area (Å²) in [7, 11) is 0. The summed E-state index contributed by atoms with van der Waals surface area (Å²) < 4.78 is 0. The van der Waals surface area contributed by atoms with Gasteiger partial charge in [0.05, 0.1) is 16.6 Å². The van der Waals surface area contributed by atoms with Crippen molar-refractivity contribution in [2.75, 3.05) is 6.54 Å². The number of thiazole rings is 1. The Morgan fingerprint density at radius 1 is 1.44 bits per heavy atom. The molecule has 1 atom stereocenters. The largest absolute Gasteiger partial charge is 0.481 e. The van der Waals surface area contributed by atoms with Gasteiger partial charge in [-0.2, -0.15) is 0 Å². The third kappa shape index (κ3) is 4.10. The van der Waals surface area contributed by atoms with Gasteiger partial charge in [-0.3, -0.25) is 9.59 Å². The monoisotopic (exact) mass is 270 g/mol. The molecule has 0 aliphatic carbocycles. The van der Waals surface area contributed by atoms with E-state index in [2.05, 4.69) is 10.3 Å². The second-order valence-electron chi connectivity index (χ2n) is 4.28. The number of carbonyl (C=O) groups excluding carboxylic acids is 1. The third-order valence-corrected chi connectivity index (χ3v) is 3.70. The highest BCUT2D eigenvalue weighted by molar-refractivity contribution is 7.13. The van der Waals surface area contributed by atoms with E-state index >= 15 is 0 Å². The lowest BCUT2D eigenvalue weighted by molar-refractivity contribution is -0.141. The Morgan fingerprint density at radius 3 is 2.61 bits per heavy atom. The Labute approximate surface area is 110 Å². The van der Waals surface area contributed by atoms with Crippen LogP contribution in [0, 0.1) is 19.8 Å². The Kier molecular flexibility index (Phi) is 5.27. The van der Waals surface area contributed by atoms with E-state index < -0.39 is 5.97 Å². The number of rotatable bonds is 6. The van der Waals surface area contributed by atoms with E-state index in [1.807, 2.05) is 13.8 Å². The number of nitrogens with one attached hydrogen (secondary N) is 1. The fourth-order valence-corrected chi connectivity index (χ4v) is 2.39. The first-order valence-corrected chi connectivity index (χ1v) is 6.68. The maximum Gasteiger partial charge on any atom is 0.306 e. The number of hydrogen-bond donors (Lipinski definition) is 2. The van der Waals surface area contributed by atoms with Crippen LogP contribution in [-0.2, 0) is 4.79 Å². The van der Waals surface area contributed by atoms with Gasteiger partial charge < -0.3 is 10.4 Å². The maximum absolute atomic E-state index is 11.8. The number of carboxylic acids is 1. The van der Waals surface area contributed by atoms with E-state index in [0.29, 0.717) is 24.3 Å². The Morgan fingerprint density at radius 2 is 2.11 bits per heavy atom. The van der Waals surface area contributed by atoms with Crippen molar-refractivity contribution in [2.24, 2.45) is 5.92 Å². The Bertz CT molecular complexity index is 443. The summed E-state index contributed by atoms with van der Waals surface area (Å²) in [4.78, 5) is 27.2. The molecular formula is C12H18N2O3S. The van der Waals surface area contributed by atoms with E-state index in [9.17, 15) is 9.59 Å². The average Bonchev–Trinajstić information content (AvgIpc) is 2.63. The first-order valence-electron chi connectivity index (χ1n) is 5.87. The zero-order chi connectivity index (χ0) is 13.7. The van der Waals surface area contributed by atoms with Gasteiger partial charge in [0.15, 0.2) is 0 Å². The van der Waals surface area contributed by atoms with Crippen molar-refractivity contribution in [2.45, 2.75) is 33.6 Å². The van der Waals surface area contributed by atoms with E-state index in [0.717, 1.165) is 10.7 Å². The molecule has 1 rings (SSSR count). The molecule has 0 saturated heterocycles. The van der Waals surface area contributed by atoms with Crippen molar-refractivity contribution in [3.05, 3.63) is 15.6 Å². The molecule has 0 aromatic carbocycles. The third-order valence-electron chi connectivity index (χ3n) is 2.63. The summed E-state index contributed by atoms with van der Waals surface area (Å²) in [5, 5.41) is 12.4. The molecule has 5 nitrogen and oxygen atoms in total. The van der Waals surface area contributed by atoms with Gasteiger partial charge in [-0.15, -0.1) is 11.3 Å².